The molecule has 0 unspecified atom stereocenters. The molecule has 4 aromatic carbocycles. The SMILES string of the molecule is CCCC1CCC(c2ccc(-c3ccc(-c4cc(F)c(-c5cc(F)c(C=CC(F)(F)F)c(F)c5)c(F)c4)c(F)c3)c(F)c2)CC1. The van der Waals surface area contributed by atoms with E-state index in [9.17, 15) is 22.0 Å². The Labute approximate surface area is 255 Å². The average molecular weight is 633 g/mol. The normalized spacial score (nSPS) is 17.3. The van der Waals surface area contributed by atoms with Gasteiger partial charge < -0.3 is 0 Å². The first-order valence-corrected chi connectivity index (χ1v) is 14.7. The summed E-state index contributed by atoms with van der Waals surface area (Å²) in [6, 6.07) is 11.2. The lowest BCUT2D eigenvalue weighted by molar-refractivity contribution is -0.0790. The van der Waals surface area contributed by atoms with Crippen LogP contribution >= 0.6 is 0 Å². The second kappa shape index (κ2) is 13.2. The molecule has 1 saturated carbocycles. The van der Waals surface area contributed by atoms with Crippen molar-refractivity contribution in [1.29, 1.82) is 0 Å². The van der Waals surface area contributed by atoms with Gasteiger partial charge in [0.05, 0.1) is 5.56 Å². The summed E-state index contributed by atoms with van der Waals surface area (Å²) in [6.07, 6.45) is 1.54. The minimum Gasteiger partial charge on any atom is -0.206 e. The van der Waals surface area contributed by atoms with Gasteiger partial charge in [-0.3, -0.25) is 0 Å². The van der Waals surface area contributed by atoms with Crippen LogP contribution in [0.3, 0.4) is 0 Å². The number of alkyl halides is 3. The predicted octanol–water partition coefficient (Wildman–Crippen LogP) is 12.2. The molecule has 0 amide bonds. The van der Waals surface area contributed by atoms with E-state index in [1.165, 1.54) is 24.6 Å². The van der Waals surface area contributed by atoms with Crippen LogP contribution in [0.25, 0.3) is 39.5 Å². The Hall–Kier alpha value is -4.01. The highest BCUT2D eigenvalue weighted by Gasteiger charge is 2.25. The molecule has 1 aliphatic rings. The van der Waals surface area contributed by atoms with E-state index in [4.69, 9.17) is 0 Å². The topological polar surface area (TPSA) is 0 Å². The molecule has 0 spiro atoms. The molecule has 0 aliphatic heterocycles. The summed E-state index contributed by atoms with van der Waals surface area (Å²) in [6.45, 7) is 2.17. The molecule has 236 valence electrons. The summed E-state index contributed by atoms with van der Waals surface area (Å²) < 4.78 is 127. The van der Waals surface area contributed by atoms with Crippen LogP contribution in [0.4, 0.5) is 39.5 Å². The molecule has 0 aromatic heterocycles. The first-order valence-electron chi connectivity index (χ1n) is 14.7. The van der Waals surface area contributed by atoms with Crippen LogP contribution < -0.4 is 0 Å². The lowest BCUT2D eigenvalue weighted by Gasteiger charge is -2.28. The van der Waals surface area contributed by atoms with E-state index in [2.05, 4.69) is 6.92 Å². The lowest BCUT2D eigenvalue weighted by atomic mass is 9.77. The van der Waals surface area contributed by atoms with Gasteiger partial charge in [0.15, 0.2) is 0 Å². The molecule has 0 N–H and O–H groups in total. The quantitative estimate of drug-likeness (QED) is 0.178. The Balaban J connectivity index is 1.39. The number of halogens is 9. The summed E-state index contributed by atoms with van der Waals surface area (Å²) in [5.74, 6) is -5.89. The van der Waals surface area contributed by atoms with Crippen molar-refractivity contribution in [3.05, 3.63) is 113 Å². The third-order valence-electron chi connectivity index (χ3n) is 8.45. The fourth-order valence-corrected chi connectivity index (χ4v) is 6.20. The van der Waals surface area contributed by atoms with E-state index in [1.807, 2.05) is 6.07 Å². The van der Waals surface area contributed by atoms with Crippen LogP contribution in [-0.2, 0) is 0 Å². The molecule has 5 rings (SSSR count). The molecule has 4 aromatic rings. The maximum absolute atomic E-state index is 15.3. The summed E-state index contributed by atoms with van der Waals surface area (Å²) in [5, 5.41) is 0. The molecule has 0 radical (unpaired) electrons. The van der Waals surface area contributed by atoms with Crippen LogP contribution in [0.2, 0.25) is 0 Å². The van der Waals surface area contributed by atoms with E-state index in [1.54, 1.807) is 6.07 Å². The maximum atomic E-state index is 15.3. The lowest BCUT2D eigenvalue weighted by Crippen LogP contribution is -2.13. The first-order chi connectivity index (χ1) is 21.3. The van der Waals surface area contributed by atoms with E-state index in [-0.39, 0.29) is 40.3 Å². The molecular formula is C36H29F9. The standard InChI is InChI=1S/C36H29F9/c1-2-3-20-4-6-21(7-5-20)22-8-10-26(29(37)14-22)23-9-11-27(30(38)15-23)24-16-33(41)35(34(42)17-24)25-18-31(39)28(32(40)19-25)12-13-36(43,44)45/h8-21H,2-7H2,1H3. The second-order valence-electron chi connectivity index (χ2n) is 11.5. The van der Waals surface area contributed by atoms with Gasteiger partial charge in [0.1, 0.15) is 34.9 Å². The van der Waals surface area contributed by atoms with Gasteiger partial charge in [0.2, 0.25) is 0 Å². The van der Waals surface area contributed by atoms with Crippen LogP contribution in [0.5, 0.6) is 0 Å². The van der Waals surface area contributed by atoms with Gasteiger partial charge in [0, 0.05) is 22.8 Å². The zero-order valence-electron chi connectivity index (χ0n) is 24.2. The minimum atomic E-state index is -4.83. The fourth-order valence-electron chi connectivity index (χ4n) is 6.20. The highest BCUT2D eigenvalue weighted by Crippen LogP contribution is 2.40. The fraction of sp³-hybridized carbons (Fsp3) is 0.278. The van der Waals surface area contributed by atoms with Gasteiger partial charge in [0.25, 0.3) is 0 Å². The van der Waals surface area contributed by atoms with Crippen LogP contribution in [0.15, 0.2) is 66.7 Å². The molecule has 0 heterocycles. The van der Waals surface area contributed by atoms with Gasteiger partial charge in [-0.15, -0.1) is 0 Å². The van der Waals surface area contributed by atoms with Crippen molar-refractivity contribution in [2.45, 2.75) is 57.5 Å². The van der Waals surface area contributed by atoms with Gasteiger partial charge >= 0.3 is 6.18 Å². The molecule has 9 heteroatoms. The Kier molecular flexibility index (Phi) is 9.46. The number of allylic oxidation sites excluding steroid dienone is 1. The maximum Gasteiger partial charge on any atom is 0.409 e. The molecule has 0 bridgehead atoms. The number of hydrogen-bond donors (Lipinski definition) is 0. The van der Waals surface area contributed by atoms with Crippen LogP contribution in [-0.4, -0.2) is 6.18 Å². The summed E-state index contributed by atoms with van der Waals surface area (Å²) in [5.41, 5.74) is -1.59. The largest absolute Gasteiger partial charge is 0.409 e. The van der Waals surface area contributed by atoms with Crippen molar-refractivity contribution >= 4 is 6.08 Å². The molecule has 0 nitrogen and oxygen atoms in total. The van der Waals surface area contributed by atoms with Crippen molar-refractivity contribution < 1.29 is 39.5 Å². The van der Waals surface area contributed by atoms with Gasteiger partial charge in [-0.05, 0) is 102 Å². The summed E-state index contributed by atoms with van der Waals surface area (Å²) in [4.78, 5) is 0. The average Bonchev–Trinajstić information content (AvgIpc) is 2.96. The number of rotatable bonds is 7. The zero-order valence-corrected chi connectivity index (χ0v) is 24.2. The van der Waals surface area contributed by atoms with Gasteiger partial charge in [-0.2, -0.15) is 13.2 Å². The van der Waals surface area contributed by atoms with Gasteiger partial charge in [-0.25, -0.2) is 26.3 Å². The Morgan fingerprint density at radius 1 is 0.622 bits per heavy atom. The van der Waals surface area contributed by atoms with E-state index in [0.29, 0.717) is 18.1 Å². The zero-order chi connectivity index (χ0) is 32.5. The monoisotopic (exact) mass is 632 g/mol. The summed E-state index contributed by atoms with van der Waals surface area (Å²) >= 11 is 0. The van der Waals surface area contributed by atoms with Crippen molar-refractivity contribution in [3.8, 4) is 33.4 Å². The van der Waals surface area contributed by atoms with E-state index in [0.717, 1.165) is 55.9 Å². The highest BCUT2D eigenvalue weighted by atomic mass is 19.4. The number of hydrogen-bond acceptors (Lipinski definition) is 0. The molecule has 1 aliphatic carbocycles. The molecular weight excluding hydrogens is 603 g/mol. The van der Waals surface area contributed by atoms with Crippen LogP contribution in [0, 0.1) is 40.8 Å². The Morgan fingerprint density at radius 2 is 1.16 bits per heavy atom. The third kappa shape index (κ3) is 7.29. The Bertz CT molecular complexity index is 1680. The molecule has 45 heavy (non-hydrogen) atoms. The second-order valence-corrected chi connectivity index (χ2v) is 11.5. The van der Waals surface area contributed by atoms with Crippen molar-refractivity contribution in [2.75, 3.05) is 0 Å². The Morgan fingerprint density at radius 3 is 1.71 bits per heavy atom. The van der Waals surface area contributed by atoms with Crippen molar-refractivity contribution in [2.24, 2.45) is 5.92 Å². The third-order valence-corrected chi connectivity index (χ3v) is 8.45. The van der Waals surface area contributed by atoms with E-state index >= 15 is 17.6 Å². The summed E-state index contributed by atoms with van der Waals surface area (Å²) in [7, 11) is 0. The molecule has 0 saturated heterocycles. The smallest absolute Gasteiger partial charge is 0.206 e. The predicted molar refractivity (Wildman–Crippen MR) is 157 cm³/mol. The van der Waals surface area contributed by atoms with Crippen molar-refractivity contribution in [1.82, 2.24) is 0 Å². The molecule has 0 atom stereocenters. The first kappa shape index (κ1) is 32.4. The van der Waals surface area contributed by atoms with E-state index < -0.39 is 57.8 Å². The minimum absolute atomic E-state index is 0.175. The number of benzene rings is 4. The van der Waals surface area contributed by atoms with Crippen LogP contribution in [0.1, 0.15) is 62.5 Å². The van der Waals surface area contributed by atoms with Gasteiger partial charge in [-0.1, -0.05) is 44.0 Å². The highest BCUT2D eigenvalue weighted by molar-refractivity contribution is 5.75. The molecule has 1 fully saturated rings. The van der Waals surface area contributed by atoms with Crippen molar-refractivity contribution in [3.63, 3.8) is 0 Å².